The maximum atomic E-state index is 4.59. The predicted octanol–water partition coefficient (Wildman–Crippen LogP) is 7.16. The first-order chi connectivity index (χ1) is 13.3. The summed E-state index contributed by atoms with van der Waals surface area (Å²) in [6.07, 6.45) is 25.0. The Bertz CT molecular complexity index is 508. The number of nitrogens with zero attached hydrogens (tertiary/aromatic N) is 2. The molecule has 0 bridgehead atoms. The molecule has 0 aliphatic heterocycles. The van der Waals surface area contributed by atoms with Crippen LogP contribution < -0.4 is 0 Å². The van der Waals surface area contributed by atoms with Crippen LogP contribution in [0.4, 0.5) is 0 Å². The Kier molecular flexibility index (Phi) is 8.61. The van der Waals surface area contributed by atoms with Gasteiger partial charge < -0.3 is 0 Å². The molecule has 27 heavy (non-hydrogen) atoms. The van der Waals surface area contributed by atoms with Gasteiger partial charge in [-0.25, -0.2) is 9.97 Å². The molecule has 2 fully saturated rings. The van der Waals surface area contributed by atoms with Gasteiger partial charge >= 0.3 is 0 Å². The maximum absolute atomic E-state index is 4.59. The lowest BCUT2D eigenvalue weighted by Crippen LogP contribution is -2.26. The zero-order chi connectivity index (χ0) is 18.9. The molecule has 0 unspecified atom stereocenters. The van der Waals surface area contributed by atoms with E-state index in [0.717, 1.165) is 42.3 Å². The van der Waals surface area contributed by atoms with Gasteiger partial charge in [0.2, 0.25) is 0 Å². The molecule has 2 heteroatoms. The molecule has 0 atom stereocenters. The molecule has 2 aliphatic rings. The Morgan fingerprint density at radius 2 is 1.26 bits per heavy atom. The molecule has 2 nitrogen and oxygen atoms in total. The molecule has 2 aliphatic carbocycles. The van der Waals surface area contributed by atoms with Crippen LogP contribution in [-0.2, 0) is 12.8 Å². The van der Waals surface area contributed by atoms with Gasteiger partial charge in [0.15, 0.2) is 0 Å². The van der Waals surface area contributed by atoms with E-state index >= 15 is 0 Å². The monoisotopic (exact) mass is 370 g/mol. The second-order valence-corrected chi connectivity index (χ2v) is 9.50. The van der Waals surface area contributed by atoms with E-state index < -0.39 is 0 Å². The largest absolute Gasteiger partial charge is 0.241 e. The molecule has 3 rings (SSSR count). The van der Waals surface area contributed by atoms with Crippen molar-refractivity contribution in [3.63, 3.8) is 0 Å². The topological polar surface area (TPSA) is 25.8 Å². The average Bonchev–Trinajstić information content (AvgIpc) is 2.73. The van der Waals surface area contributed by atoms with Crippen LogP contribution in [0.25, 0.3) is 0 Å². The highest BCUT2D eigenvalue weighted by molar-refractivity contribution is 5.05. The molecule has 0 radical (unpaired) electrons. The van der Waals surface area contributed by atoms with Crippen molar-refractivity contribution in [1.82, 2.24) is 9.97 Å². The lowest BCUT2D eigenvalue weighted by molar-refractivity contribution is 0.140. The van der Waals surface area contributed by atoms with Crippen LogP contribution in [0.2, 0.25) is 0 Å². The molecule has 0 amide bonds. The molecule has 2 saturated carbocycles. The summed E-state index contributed by atoms with van der Waals surface area (Å²) in [7, 11) is 0. The average molecular weight is 371 g/mol. The fourth-order valence-corrected chi connectivity index (χ4v) is 5.65. The molecule has 0 saturated heterocycles. The van der Waals surface area contributed by atoms with Crippen LogP contribution in [0.5, 0.6) is 0 Å². The highest BCUT2D eigenvalue weighted by Gasteiger charge is 2.30. The summed E-state index contributed by atoms with van der Waals surface area (Å²) < 4.78 is 0. The number of hydrogen-bond donors (Lipinski definition) is 0. The van der Waals surface area contributed by atoms with Crippen molar-refractivity contribution in [2.24, 2.45) is 23.7 Å². The van der Waals surface area contributed by atoms with Gasteiger partial charge in [-0.05, 0) is 67.8 Å². The molecule has 1 aromatic rings. The zero-order valence-corrected chi connectivity index (χ0v) is 18.0. The van der Waals surface area contributed by atoms with Crippen LogP contribution in [0.1, 0.15) is 109 Å². The van der Waals surface area contributed by atoms with E-state index in [1.807, 2.05) is 12.4 Å². The zero-order valence-electron chi connectivity index (χ0n) is 18.0. The maximum Gasteiger partial charge on any atom is 0.128 e. The number of aryl methyl sites for hydroxylation is 2. The van der Waals surface area contributed by atoms with E-state index in [1.54, 1.807) is 0 Å². The summed E-state index contributed by atoms with van der Waals surface area (Å²) in [5.74, 6) is 5.13. The summed E-state index contributed by atoms with van der Waals surface area (Å²) in [5.41, 5.74) is 1.28. The van der Waals surface area contributed by atoms with E-state index in [1.165, 1.54) is 89.0 Å². The lowest BCUT2D eigenvalue weighted by atomic mass is 9.68. The lowest BCUT2D eigenvalue weighted by Gasteiger charge is -2.38. The molecular weight excluding hydrogens is 328 g/mol. The van der Waals surface area contributed by atoms with Crippen molar-refractivity contribution < 1.29 is 0 Å². The van der Waals surface area contributed by atoms with Crippen LogP contribution in [0.3, 0.4) is 0 Å². The second kappa shape index (κ2) is 11.2. The molecule has 1 aromatic heterocycles. The summed E-state index contributed by atoms with van der Waals surface area (Å²) >= 11 is 0. The third-order valence-corrected chi connectivity index (χ3v) is 7.49. The summed E-state index contributed by atoms with van der Waals surface area (Å²) in [4.78, 5) is 9.17. The van der Waals surface area contributed by atoms with Gasteiger partial charge in [0.05, 0.1) is 0 Å². The molecule has 1 heterocycles. The predicted molar refractivity (Wildman–Crippen MR) is 115 cm³/mol. The van der Waals surface area contributed by atoms with Crippen LogP contribution in [0, 0.1) is 23.7 Å². The Morgan fingerprint density at radius 3 is 1.78 bits per heavy atom. The van der Waals surface area contributed by atoms with Crippen molar-refractivity contribution in [1.29, 1.82) is 0 Å². The van der Waals surface area contributed by atoms with Crippen LogP contribution >= 0.6 is 0 Å². The van der Waals surface area contributed by atoms with Crippen molar-refractivity contribution in [3.8, 4) is 0 Å². The summed E-state index contributed by atoms with van der Waals surface area (Å²) in [5, 5.41) is 0. The minimum Gasteiger partial charge on any atom is -0.241 e. The van der Waals surface area contributed by atoms with Crippen molar-refractivity contribution in [2.45, 2.75) is 110 Å². The number of aromatic nitrogens is 2. The van der Waals surface area contributed by atoms with E-state index in [9.17, 15) is 0 Å². The van der Waals surface area contributed by atoms with Crippen molar-refractivity contribution in [2.75, 3.05) is 0 Å². The standard InChI is InChI=1S/C25H42N2/c1-3-5-7-20-8-13-23(14-9-20)24-15-10-21(11-16-24)12-17-25-26-18-22(6-4-2)19-27-25/h18-21,23-24H,3-17H2,1-2H3. The Hall–Kier alpha value is -0.920. The normalized spacial score (nSPS) is 29.0. The molecular formula is C25H42N2. The van der Waals surface area contributed by atoms with Gasteiger partial charge in [-0.2, -0.15) is 0 Å². The second-order valence-electron chi connectivity index (χ2n) is 9.50. The first-order valence-electron chi connectivity index (χ1n) is 12.1. The van der Waals surface area contributed by atoms with Crippen LogP contribution in [-0.4, -0.2) is 9.97 Å². The summed E-state index contributed by atoms with van der Waals surface area (Å²) in [6, 6.07) is 0. The minimum absolute atomic E-state index is 0.918. The molecule has 152 valence electrons. The Labute approximate surface area is 168 Å². The fraction of sp³-hybridized carbons (Fsp3) is 0.840. The molecule has 0 N–H and O–H groups in total. The Morgan fingerprint density at radius 1 is 0.704 bits per heavy atom. The SMILES string of the molecule is CCCCC1CCC(C2CCC(CCc3ncc(CCC)cn3)CC2)CC1. The van der Waals surface area contributed by atoms with Gasteiger partial charge in [0, 0.05) is 18.8 Å². The Balaban J connectivity index is 1.33. The van der Waals surface area contributed by atoms with Gasteiger partial charge in [0.25, 0.3) is 0 Å². The smallest absolute Gasteiger partial charge is 0.128 e. The third-order valence-electron chi connectivity index (χ3n) is 7.49. The van der Waals surface area contributed by atoms with E-state index in [4.69, 9.17) is 0 Å². The van der Waals surface area contributed by atoms with Gasteiger partial charge in [-0.3, -0.25) is 0 Å². The fourth-order valence-electron chi connectivity index (χ4n) is 5.65. The first-order valence-corrected chi connectivity index (χ1v) is 12.1. The quantitative estimate of drug-likeness (QED) is 0.460. The van der Waals surface area contributed by atoms with Crippen molar-refractivity contribution in [3.05, 3.63) is 23.8 Å². The van der Waals surface area contributed by atoms with E-state index in [-0.39, 0.29) is 0 Å². The third kappa shape index (κ3) is 6.57. The van der Waals surface area contributed by atoms with Crippen LogP contribution in [0.15, 0.2) is 12.4 Å². The summed E-state index contributed by atoms with van der Waals surface area (Å²) in [6.45, 7) is 4.54. The van der Waals surface area contributed by atoms with Gasteiger partial charge in [-0.15, -0.1) is 0 Å². The molecule has 0 aromatic carbocycles. The van der Waals surface area contributed by atoms with Gasteiger partial charge in [-0.1, -0.05) is 65.2 Å². The minimum atomic E-state index is 0.918. The van der Waals surface area contributed by atoms with E-state index in [2.05, 4.69) is 23.8 Å². The van der Waals surface area contributed by atoms with E-state index in [0.29, 0.717) is 0 Å². The molecule has 0 spiro atoms. The first kappa shape index (κ1) is 20.8. The van der Waals surface area contributed by atoms with Crippen molar-refractivity contribution >= 4 is 0 Å². The number of hydrogen-bond acceptors (Lipinski definition) is 2. The number of unbranched alkanes of at least 4 members (excludes halogenated alkanes) is 1. The number of rotatable bonds is 9. The highest BCUT2D eigenvalue weighted by atomic mass is 14.9. The highest BCUT2D eigenvalue weighted by Crippen LogP contribution is 2.42. The van der Waals surface area contributed by atoms with Gasteiger partial charge in [0.1, 0.15) is 5.82 Å².